The van der Waals surface area contributed by atoms with E-state index in [1.807, 2.05) is 48.5 Å². The van der Waals surface area contributed by atoms with E-state index in [2.05, 4.69) is 37.8 Å². The van der Waals surface area contributed by atoms with Crippen LogP contribution in [0.1, 0.15) is 12.0 Å². The van der Waals surface area contributed by atoms with Crippen molar-refractivity contribution in [1.29, 1.82) is 0 Å². The van der Waals surface area contributed by atoms with E-state index in [0.717, 1.165) is 18.4 Å². The van der Waals surface area contributed by atoms with E-state index < -0.39 is 0 Å². The van der Waals surface area contributed by atoms with Crippen LogP contribution in [0.4, 0.5) is 5.95 Å². The van der Waals surface area contributed by atoms with Crippen LogP contribution in [-0.2, 0) is 6.42 Å². The zero-order valence-electron chi connectivity index (χ0n) is 13.0. The van der Waals surface area contributed by atoms with Gasteiger partial charge in [-0.25, -0.2) is 5.43 Å². The lowest BCUT2D eigenvalue weighted by Crippen LogP contribution is -2.15. The van der Waals surface area contributed by atoms with E-state index in [1.54, 1.807) is 6.21 Å². The number of rotatable bonds is 6. The highest BCUT2D eigenvalue weighted by Crippen LogP contribution is 2.10. The third kappa shape index (κ3) is 4.13. The third-order valence-electron chi connectivity index (χ3n) is 3.41. The lowest BCUT2D eigenvalue weighted by Gasteiger charge is -2.01. The van der Waals surface area contributed by atoms with Crippen molar-refractivity contribution in [1.82, 2.24) is 15.2 Å². The molecule has 0 spiro atoms. The van der Waals surface area contributed by atoms with E-state index in [9.17, 15) is 4.79 Å². The summed E-state index contributed by atoms with van der Waals surface area (Å²) in [6.45, 7) is 0. The van der Waals surface area contributed by atoms with Crippen LogP contribution in [0.5, 0.6) is 0 Å². The lowest BCUT2D eigenvalue weighted by molar-refractivity contribution is 0.944. The highest BCUT2D eigenvalue weighted by Gasteiger charge is 2.06. The van der Waals surface area contributed by atoms with Crippen LogP contribution in [0.15, 0.2) is 70.6 Å². The summed E-state index contributed by atoms with van der Waals surface area (Å²) in [5.74, 6) is 0.218. The normalized spacial score (nSPS) is 10.8. The Morgan fingerprint density at radius 3 is 2.42 bits per heavy atom. The maximum atomic E-state index is 12.1. The minimum Gasteiger partial charge on any atom is -0.288 e. The minimum absolute atomic E-state index is 0.218. The van der Waals surface area contributed by atoms with Gasteiger partial charge in [0.25, 0.3) is 5.56 Å². The number of nitrogens with zero attached hydrogens (tertiary/aromatic N) is 3. The van der Waals surface area contributed by atoms with Gasteiger partial charge in [0.15, 0.2) is 5.69 Å². The molecule has 6 heteroatoms. The predicted molar refractivity (Wildman–Crippen MR) is 95.0 cm³/mol. The topological polar surface area (TPSA) is 83.0 Å². The molecule has 0 aliphatic carbocycles. The molecule has 2 N–H and O–H groups in total. The van der Waals surface area contributed by atoms with Gasteiger partial charge in [0.2, 0.25) is 5.95 Å². The summed E-state index contributed by atoms with van der Waals surface area (Å²) >= 11 is 0. The van der Waals surface area contributed by atoms with Gasteiger partial charge >= 0.3 is 0 Å². The average Bonchev–Trinajstić information content (AvgIpc) is 2.63. The fourth-order valence-electron chi connectivity index (χ4n) is 2.22. The second kappa shape index (κ2) is 7.82. The predicted octanol–water partition coefficient (Wildman–Crippen LogP) is 2.86. The molecule has 0 aliphatic rings. The zero-order chi connectivity index (χ0) is 16.6. The van der Waals surface area contributed by atoms with E-state index in [0.29, 0.717) is 0 Å². The number of anilines is 1. The first kappa shape index (κ1) is 15.6. The van der Waals surface area contributed by atoms with Crippen LogP contribution in [0.3, 0.4) is 0 Å². The Labute approximate surface area is 139 Å². The quantitative estimate of drug-likeness (QED) is 0.540. The Balaban J connectivity index is 1.57. The van der Waals surface area contributed by atoms with Crippen molar-refractivity contribution in [2.75, 3.05) is 5.43 Å². The molecule has 0 saturated heterocycles. The molecule has 0 fully saturated rings. The molecule has 0 radical (unpaired) electrons. The van der Waals surface area contributed by atoms with Crippen molar-refractivity contribution in [3.63, 3.8) is 0 Å². The second-order valence-corrected chi connectivity index (χ2v) is 5.17. The Hall–Kier alpha value is -3.28. The van der Waals surface area contributed by atoms with E-state index in [-0.39, 0.29) is 17.2 Å². The van der Waals surface area contributed by atoms with E-state index in [4.69, 9.17) is 0 Å². The molecule has 24 heavy (non-hydrogen) atoms. The van der Waals surface area contributed by atoms with Crippen molar-refractivity contribution >= 4 is 12.2 Å². The number of benzene rings is 2. The smallest absolute Gasteiger partial charge is 0.279 e. The fourth-order valence-corrected chi connectivity index (χ4v) is 2.22. The Morgan fingerprint density at radius 2 is 1.71 bits per heavy atom. The number of hydrazone groups is 1. The summed E-state index contributed by atoms with van der Waals surface area (Å²) in [5.41, 5.74) is 4.65. The maximum absolute atomic E-state index is 12.1. The van der Waals surface area contributed by atoms with Gasteiger partial charge in [-0.1, -0.05) is 60.7 Å². The largest absolute Gasteiger partial charge is 0.288 e. The Kier molecular flexibility index (Phi) is 5.09. The van der Waals surface area contributed by atoms with Gasteiger partial charge in [0, 0.05) is 11.8 Å². The molecule has 0 atom stereocenters. The molecule has 0 aliphatic heterocycles. The number of aryl methyl sites for hydroxylation is 1. The molecule has 2 aromatic carbocycles. The van der Waals surface area contributed by atoms with Crippen molar-refractivity contribution in [3.05, 3.63) is 76.6 Å². The number of hydrogen-bond donors (Lipinski definition) is 2. The van der Waals surface area contributed by atoms with Gasteiger partial charge < -0.3 is 0 Å². The Morgan fingerprint density at radius 1 is 1.00 bits per heavy atom. The lowest BCUT2D eigenvalue weighted by atomic mass is 10.1. The number of hydrogen-bond acceptors (Lipinski definition) is 5. The van der Waals surface area contributed by atoms with Crippen LogP contribution in [0, 0.1) is 0 Å². The number of aromatic nitrogens is 3. The van der Waals surface area contributed by atoms with Gasteiger partial charge in [-0.2, -0.15) is 5.10 Å². The SMILES string of the molecule is O=c1[nH]c(NN=CCCc2ccccc2)nnc1-c1ccccc1. The number of H-pyrrole nitrogens is 1. The standard InChI is InChI=1S/C18H17N5O/c24-17-16(15-11-5-2-6-12-15)21-23-18(20-17)22-19-13-7-10-14-8-3-1-4-9-14/h1-6,8-9,11-13H,7,10H2,(H2,20,22,23,24). The molecule has 1 heterocycles. The van der Waals surface area contributed by atoms with E-state index in [1.165, 1.54) is 5.56 Å². The summed E-state index contributed by atoms with van der Waals surface area (Å²) in [5, 5.41) is 12.0. The minimum atomic E-state index is -0.307. The molecule has 120 valence electrons. The van der Waals surface area contributed by atoms with Gasteiger partial charge in [-0.15, -0.1) is 10.2 Å². The number of nitrogens with one attached hydrogen (secondary N) is 2. The molecule has 0 saturated carbocycles. The molecule has 0 bridgehead atoms. The van der Waals surface area contributed by atoms with Crippen LogP contribution in [0.2, 0.25) is 0 Å². The summed E-state index contributed by atoms with van der Waals surface area (Å²) in [6, 6.07) is 19.4. The maximum Gasteiger partial charge on any atom is 0.279 e. The van der Waals surface area contributed by atoms with Gasteiger partial charge in [-0.3, -0.25) is 9.78 Å². The molecular formula is C18H17N5O. The van der Waals surface area contributed by atoms with Gasteiger partial charge in [-0.05, 0) is 18.4 Å². The van der Waals surface area contributed by atoms with E-state index >= 15 is 0 Å². The van der Waals surface area contributed by atoms with Crippen molar-refractivity contribution in [2.24, 2.45) is 5.10 Å². The van der Waals surface area contributed by atoms with Crippen LogP contribution in [-0.4, -0.2) is 21.4 Å². The van der Waals surface area contributed by atoms with Gasteiger partial charge in [0.1, 0.15) is 0 Å². The molecule has 3 aromatic rings. The first-order valence-electron chi connectivity index (χ1n) is 7.67. The van der Waals surface area contributed by atoms with Crippen molar-refractivity contribution in [3.8, 4) is 11.3 Å². The first-order chi connectivity index (χ1) is 11.8. The average molecular weight is 319 g/mol. The highest BCUT2D eigenvalue weighted by atomic mass is 16.1. The molecule has 3 rings (SSSR count). The molecule has 0 unspecified atom stereocenters. The summed E-state index contributed by atoms with van der Waals surface area (Å²) < 4.78 is 0. The highest BCUT2D eigenvalue weighted by molar-refractivity contribution is 5.59. The second-order valence-electron chi connectivity index (χ2n) is 5.17. The van der Waals surface area contributed by atoms with Crippen LogP contribution < -0.4 is 11.0 Å². The third-order valence-corrected chi connectivity index (χ3v) is 3.41. The van der Waals surface area contributed by atoms with Crippen molar-refractivity contribution in [2.45, 2.75) is 12.8 Å². The molecule has 1 aromatic heterocycles. The molecule has 0 amide bonds. The summed E-state index contributed by atoms with van der Waals surface area (Å²) in [7, 11) is 0. The van der Waals surface area contributed by atoms with Gasteiger partial charge in [0.05, 0.1) is 0 Å². The molecular weight excluding hydrogens is 302 g/mol. The fraction of sp³-hybridized carbons (Fsp3) is 0.111. The molecule has 6 nitrogen and oxygen atoms in total. The first-order valence-corrected chi connectivity index (χ1v) is 7.67. The Bertz CT molecular complexity index is 859. The summed E-state index contributed by atoms with van der Waals surface area (Å²) in [6.07, 6.45) is 3.44. The monoisotopic (exact) mass is 319 g/mol. The van der Waals surface area contributed by atoms with Crippen LogP contribution >= 0.6 is 0 Å². The van der Waals surface area contributed by atoms with Crippen molar-refractivity contribution < 1.29 is 0 Å². The zero-order valence-corrected chi connectivity index (χ0v) is 13.0. The van der Waals surface area contributed by atoms with Crippen LogP contribution in [0.25, 0.3) is 11.3 Å². The number of aromatic amines is 1. The summed E-state index contributed by atoms with van der Waals surface area (Å²) in [4.78, 5) is 14.7.